The van der Waals surface area contributed by atoms with Gasteiger partial charge in [0.15, 0.2) is 11.8 Å². The Morgan fingerprint density at radius 1 is 1.23 bits per heavy atom. The summed E-state index contributed by atoms with van der Waals surface area (Å²) in [6.07, 6.45) is 5.66. The lowest BCUT2D eigenvalue weighted by Crippen LogP contribution is -2.41. The molecule has 3 aromatic rings. The number of nitrogens with one attached hydrogen (secondary N) is 2. The molecule has 8 nitrogen and oxygen atoms in total. The minimum absolute atomic E-state index is 0. The van der Waals surface area contributed by atoms with Crippen LogP contribution in [0.3, 0.4) is 0 Å². The summed E-state index contributed by atoms with van der Waals surface area (Å²) in [5.74, 6) is 2.54. The van der Waals surface area contributed by atoms with Crippen LogP contribution in [0.15, 0.2) is 41.5 Å². The van der Waals surface area contributed by atoms with E-state index in [1.807, 2.05) is 18.5 Å². The van der Waals surface area contributed by atoms with Crippen LogP contribution in [0.5, 0.6) is 0 Å². The van der Waals surface area contributed by atoms with Gasteiger partial charge in [-0.1, -0.05) is 18.2 Å². The van der Waals surface area contributed by atoms with Gasteiger partial charge in [0.05, 0.1) is 6.10 Å². The summed E-state index contributed by atoms with van der Waals surface area (Å²) in [5.41, 5.74) is 1.28. The molecule has 1 aliphatic heterocycles. The second kappa shape index (κ2) is 11.5. The SMILES string of the molecule is Cc1nnc(CN=C(NCCCn2ccc3ccccc32)NCC2CCCO2)n1C.I. The number of fused-ring (bicyclic) bond motifs is 1. The van der Waals surface area contributed by atoms with E-state index in [1.54, 1.807) is 0 Å². The number of aliphatic imine (C=N–C) groups is 1. The van der Waals surface area contributed by atoms with Crippen molar-refractivity contribution < 1.29 is 4.74 Å². The van der Waals surface area contributed by atoms with Crippen LogP contribution in [0.1, 0.15) is 30.9 Å². The van der Waals surface area contributed by atoms with Crippen molar-refractivity contribution in [2.24, 2.45) is 12.0 Å². The minimum Gasteiger partial charge on any atom is -0.376 e. The van der Waals surface area contributed by atoms with E-state index in [4.69, 9.17) is 9.73 Å². The summed E-state index contributed by atoms with van der Waals surface area (Å²) in [7, 11) is 1.97. The average molecular weight is 537 g/mol. The number of aromatic nitrogens is 4. The Hall–Kier alpha value is -2.14. The fraction of sp³-hybridized carbons (Fsp3) is 0.500. The van der Waals surface area contributed by atoms with Crippen molar-refractivity contribution in [1.29, 1.82) is 0 Å². The molecule has 1 unspecified atom stereocenters. The van der Waals surface area contributed by atoms with E-state index in [0.29, 0.717) is 6.54 Å². The van der Waals surface area contributed by atoms with Gasteiger partial charge >= 0.3 is 0 Å². The molecule has 0 radical (unpaired) electrons. The van der Waals surface area contributed by atoms with Crippen molar-refractivity contribution in [1.82, 2.24) is 30.0 Å². The van der Waals surface area contributed by atoms with E-state index >= 15 is 0 Å². The lowest BCUT2D eigenvalue weighted by molar-refractivity contribution is 0.114. The smallest absolute Gasteiger partial charge is 0.191 e. The molecule has 168 valence electrons. The van der Waals surface area contributed by atoms with Crippen molar-refractivity contribution in [3.63, 3.8) is 0 Å². The molecule has 2 aromatic heterocycles. The highest BCUT2D eigenvalue weighted by Crippen LogP contribution is 2.15. The van der Waals surface area contributed by atoms with Crippen LogP contribution in [0, 0.1) is 6.92 Å². The number of ether oxygens (including phenoxy) is 1. The van der Waals surface area contributed by atoms with Crippen molar-refractivity contribution in [3.8, 4) is 0 Å². The minimum atomic E-state index is 0. The summed E-state index contributed by atoms with van der Waals surface area (Å²) in [4.78, 5) is 4.72. The van der Waals surface area contributed by atoms with Crippen LogP contribution >= 0.6 is 24.0 Å². The van der Waals surface area contributed by atoms with Crippen LogP contribution in [0.2, 0.25) is 0 Å². The number of rotatable bonds is 8. The number of nitrogens with zero attached hydrogens (tertiary/aromatic N) is 5. The van der Waals surface area contributed by atoms with Crippen LogP contribution in [-0.4, -0.2) is 51.1 Å². The van der Waals surface area contributed by atoms with Crippen LogP contribution in [-0.2, 0) is 24.9 Å². The van der Waals surface area contributed by atoms with Gasteiger partial charge in [0, 0.05) is 45.0 Å². The first-order valence-corrected chi connectivity index (χ1v) is 10.7. The van der Waals surface area contributed by atoms with Crippen LogP contribution in [0.4, 0.5) is 0 Å². The van der Waals surface area contributed by atoms with E-state index in [9.17, 15) is 0 Å². The summed E-state index contributed by atoms with van der Waals surface area (Å²) in [6.45, 7) is 5.85. The summed E-state index contributed by atoms with van der Waals surface area (Å²) < 4.78 is 10.0. The lowest BCUT2D eigenvalue weighted by atomic mass is 10.2. The monoisotopic (exact) mass is 537 g/mol. The first-order chi connectivity index (χ1) is 14.7. The Kier molecular flexibility index (Phi) is 8.70. The molecule has 2 N–H and O–H groups in total. The van der Waals surface area contributed by atoms with Gasteiger partial charge in [-0.05, 0) is 43.7 Å². The van der Waals surface area contributed by atoms with E-state index in [0.717, 1.165) is 63.1 Å². The highest BCUT2D eigenvalue weighted by Gasteiger charge is 2.15. The van der Waals surface area contributed by atoms with Gasteiger partial charge in [-0.2, -0.15) is 0 Å². The number of hydrogen-bond donors (Lipinski definition) is 2. The average Bonchev–Trinajstić information content (AvgIpc) is 3.49. The third kappa shape index (κ3) is 6.19. The van der Waals surface area contributed by atoms with E-state index in [2.05, 4.69) is 61.9 Å². The fourth-order valence-electron chi connectivity index (χ4n) is 3.72. The standard InChI is InChI=1S/C22H31N7O.HI/c1-17-26-27-21(28(17)2)16-25-22(24-15-19-8-5-14-30-19)23-11-6-12-29-13-10-18-7-3-4-9-20(18)29;/h3-4,7,9-10,13,19H,5-6,8,11-12,14-16H2,1-2H3,(H2,23,24,25);1H. The Bertz CT molecular complexity index is 991. The van der Waals surface area contributed by atoms with Crippen molar-refractivity contribution >= 4 is 40.8 Å². The molecular weight excluding hydrogens is 505 g/mol. The molecule has 1 fully saturated rings. The first-order valence-electron chi connectivity index (χ1n) is 10.7. The zero-order valence-electron chi connectivity index (χ0n) is 18.3. The lowest BCUT2D eigenvalue weighted by Gasteiger charge is -2.16. The largest absolute Gasteiger partial charge is 0.376 e. The van der Waals surface area contributed by atoms with Crippen molar-refractivity contribution in [3.05, 3.63) is 48.2 Å². The van der Waals surface area contributed by atoms with Gasteiger partial charge in [0.1, 0.15) is 12.4 Å². The van der Waals surface area contributed by atoms with Crippen molar-refractivity contribution in [2.75, 3.05) is 19.7 Å². The highest BCUT2D eigenvalue weighted by atomic mass is 127. The quantitative estimate of drug-likeness (QED) is 0.200. The maximum absolute atomic E-state index is 5.73. The molecule has 9 heteroatoms. The third-order valence-electron chi connectivity index (χ3n) is 5.63. The number of benzene rings is 1. The summed E-state index contributed by atoms with van der Waals surface area (Å²) in [5, 5.41) is 16.5. The van der Waals surface area contributed by atoms with E-state index in [-0.39, 0.29) is 30.1 Å². The third-order valence-corrected chi connectivity index (χ3v) is 5.63. The summed E-state index contributed by atoms with van der Waals surface area (Å²) >= 11 is 0. The number of halogens is 1. The summed E-state index contributed by atoms with van der Waals surface area (Å²) in [6, 6.07) is 10.7. The molecule has 0 bridgehead atoms. The van der Waals surface area contributed by atoms with Gasteiger partial charge < -0.3 is 24.5 Å². The Morgan fingerprint density at radius 3 is 2.87 bits per heavy atom. The van der Waals surface area contributed by atoms with Crippen LogP contribution < -0.4 is 10.6 Å². The molecule has 0 amide bonds. The topological polar surface area (TPSA) is 81.3 Å². The Morgan fingerprint density at radius 2 is 2.10 bits per heavy atom. The predicted octanol–water partition coefficient (Wildman–Crippen LogP) is 3.00. The molecule has 1 atom stereocenters. The molecule has 1 aliphatic rings. The maximum Gasteiger partial charge on any atom is 0.191 e. The number of para-hydroxylation sites is 1. The zero-order valence-corrected chi connectivity index (χ0v) is 20.6. The predicted molar refractivity (Wildman–Crippen MR) is 134 cm³/mol. The molecule has 0 aliphatic carbocycles. The molecule has 1 aromatic carbocycles. The molecule has 3 heterocycles. The molecule has 0 spiro atoms. The molecule has 1 saturated heterocycles. The highest BCUT2D eigenvalue weighted by molar-refractivity contribution is 14.0. The normalized spacial score (nSPS) is 16.5. The zero-order chi connectivity index (χ0) is 20.8. The number of hydrogen-bond acceptors (Lipinski definition) is 4. The Labute approximate surface area is 200 Å². The number of guanidine groups is 1. The van der Waals surface area contributed by atoms with Gasteiger partial charge in [-0.25, -0.2) is 4.99 Å². The maximum atomic E-state index is 5.73. The second-order valence-electron chi connectivity index (χ2n) is 7.75. The van der Waals surface area contributed by atoms with E-state index < -0.39 is 0 Å². The van der Waals surface area contributed by atoms with Gasteiger partial charge in [0.2, 0.25) is 0 Å². The molecule has 0 saturated carbocycles. The van der Waals surface area contributed by atoms with Gasteiger partial charge in [-0.3, -0.25) is 0 Å². The van der Waals surface area contributed by atoms with Gasteiger partial charge in [0.25, 0.3) is 0 Å². The molecule has 4 rings (SSSR count). The van der Waals surface area contributed by atoms with Gasteiger partial charge in [-0.15, -0.1) is 34.2 Å². The number of aryl methyl sites for hydroxylation is 2. The molecular formula is C22H32IN7O. The van der Waals surface area contributed by atoms with E-state index in [1.165, 1.54) is 10.9 Å². The fourth-order valence-corrected chi connectivity index (χ4v) is 3.72. The van der Waals surface area contributed by atoms with Crippen LogP contribution in [0.25, 0.3) is 10.9 Å². The molecule has 31 heavy (non-hydrogen) atoms. The first kappa shape index (κ1) is 23.5. The van der Waals surface area contributed by atoms with Crippen molar-refractivity contribution in [2.45, 2.75) is 45.4 Å². The Balaban J connectivity index is 0.00000272. The second-order valence-corrected chi connectivity index (χ2v) is 7.75.